The van der Waals surface area contributed by atoms with Gasteiger partial charge in [-0.3, -0.25) is 4.68 Å². The Labute approximate surface area is 80.8 Å². The Morgan fingerprint density at radius 1 is 1.50 bits per heavy atom. The van der Waals surface area contributed by atoms with E-state index in [9.17, 15) is 0 Å². The third-order valence-electron chi connectivity index (χ3n) is 1.99. The average Bonchev–Trinajstić information content (AvgIpc) is 2.72. The van der Waals surface area contributed by atoms with Crippen LogP contribution in [0.25, 0.3) is 0 Å². The van der Waals surface area contributed by atoms with Crippen molar-refractivity contribution in [2.75, 3.05) is 0 Å². The maximum Gasteiger partial charge on any atom is 0.229 e. The monoisotopic (exact) mass is 193 g/mol. The number of aromatic nitrogens is 5. The Bertz CT molecular complexity index is 405. The van der Waals surface area contributed by atoms with Crippen LogP contribution in [0.1, 0.15) is 5.82 Å². The van der Waals surface area contributed by atoms with Crippen LogP contribution in [0.5, 0.6) is 5.88 Å². The Morgan fingerprint density at radius 2 is 2.36 bits per heavy atom. The highest BCUT2D eigenvalue weighted by Gasteiger charge is 2.03. The molecule has 74 valence electrons. The molecule has 0 aliphatic heterocycles. The summed E-state index contributed by atoms with van der Waals surface area (Å²) in [5, 5.41) is 13.1. The Balaban J connectivity index is 2.01. The SMILES string of the molecule is Cn1cc(O)nc1CCn1cncn1. The van der Waals surface area contributed by atoms with Gasteiger partial charge in [0.25, 0.3) is 0 Å². The fraction of sp³-hybridized carbons (Fsp3) is 0.375. The van der Waals surface area contributed by atoms with Gasteiger partial charge < -0.3 is 9.67 Å². The second-order valence-corrected chi connectivity index (χ2v) is 3.03. The van der Waals surface area contributed by atoms with E-state index in [0.29, 0.717) is 6.54 Å². The summed E-state index contributed by atoms with van der Waals surface area (Å²) in [4.78, 5) is 7.80. The molecular formula is C8H11N5O. The van der Waals surface area contributed by atoms with E-state index in [1.54, 1.807) is 21.8 Å². The van der Waals surface area contributed by atoms with Gasteiger partial charge in [0.2, 0.25) is 5.88 Å². The minimum Gasteiger partial charge on any atom is -0.492 e. The molecule has 0 aliphatic rings. The minimum atomic E-state index is 0.0566. The topological polar surface area (TPSA) is 68.8 Å². The maximum atomic E-state index is 9.12. The number of nitrogens with zero attached hydrogens (tertiary/aromatic N) is 5. The molecule has 2 aromatic rings. The molecule has 0 amide bonds. The first-order chi connectivity index (χ1) is 6.75. The van der Waals surface area contributed by atoms with Gasteiger partial charge in [-0.1, -0.05) is 0 Å². The quantitative estimate of drug-likeness (QED) is 0.742. The lowest BCUT2D eigenvalue weighted by Gasteiger charge is -2.00. The van der Waals surface area contributed by atoms with E-state index >= 15 is 0 Å². The van der Waals surface area contributed by atoms with E-state index in [-0.39, 0.29) is 5.88 Å². The first kappa shape index (κ1) is 8.74. The predicted octanol–water partition coefficient (Wildman–Crippen LogP) is -0.0401. The van der Waals surface area contributed by atoms with E-state index in [4.69, 9.17) is 5.11 Å². The van der Waals surface area contributed by atoms with Crippen molar-refractivity contribution < 1.29 is 5.11 Å². The fourth-order valence-corrected chi connectivity index (χ4v) is 1.28. The van der Waals surface area contributed by atoms with Crippen LogP contribution >= 0.6 is 0 Å². The van der Waals surface area contributed by atoms with Crippen molar-refractivity contribution in [2.45, 2.75) is 13.0 Å². The normalized spacial score (nSPS) is 10.6. The summed E-state index contributed by atoms with van der Waals surface area (Å²) in [6.07, 6.45) is 5.45. The van der Waals surface area contributed by atoms with E-state index in [2.05, 4.69) is 15.1 Å². The number of aromatic hydroxyl groups is 1. The largest absolute Gasteiger partial charge is 0.492 e. The average molecular weight is 193 g/mol. The Hall–Kier alpha value is -1.85. The van der Waals surface area contributed by atoms with Gasteiger partial charge in [-0.25, -0.2) is 4.98 Å². The molecule has 0 saturated heterocycles. The highest BCUT2D eigenvalue weighted by atomic mass is 16.3. The van der Waals surface area contributed by atoms with Gasteiger partial charge in [-0.05, 0) is 0 Å². The summed E-state index contributed by atoms with van der Waals surface area (Å²) in [6.45, 7) is 0.713. The second kappa shape index (κ2) is 3.49. The zero-order valence-corrected chi connectivity index (χ0v) is 7.83. The predicted molar refractivity (Wildman–Crippen MR) is 48.6 cm³/mol. The first-order valence-electron chi connectivity index (χ1n) is 4.29. The smallest absolute Gasteiger partial charge is 0.229 e. The van der Waals surface area contributed by atoms with E-state index in [1.165, 1.54) is 6.33 Å². The standard InChI is InChI=1S/C8H11N5O/c1-12-4-8(14)11-7(12)2-3-13-6-9-5-10-13/h4-6,14H,2-3H2,1H3. The molecule has 1 N–H and O–H groups in total. The molecule has 0 aromatic carbocycles. The van der Waals surface area contributed by atoms with Crippen molar-refractivity contribution in [3.05, 3.63) is 24.7 Å². The summed E-state index contributed by atoms with van der Waals surface area (Å²) in [6, 6.07) is 0. The number of hydrogen-bond donors (Lipinski definition) is 1. The molecule has 6 nitrogen and oxygen atoms in total. The second-order valence-electron chi connectivity index (χ2n) is 3.03. The van der Waals surface area contributed by atoms with Crippen molar-refractivity contribution in [3.8, 4) is 5.88 Å². The van der Waals surface area contributed by atoms with Crippen molar-refractivity contribution >= 4 is 0 Å². The zero-order valence-electron chi connectivity index (χ0n) is 7.83. The van der Waals surface area contributed by atoms with Crippen LogP contribution in [0.15, 0.2) is 18.9 Å². The first-order valence-corrected chi connectivity index (χ1v) is 4.29. The Morgan fingerprint density at radius 3 is 2.93 bits per heavy atom. The van der Waals surface area contributed by atoms with Crippen LogP contribution in [0.3, 0.4) is 0 Å². The minimum absolute atomic E-state index is 0.0566. The van der Waals surface area contributed by atoms with Crippen LogP contribution in [-0.2, 0) is 20.0 Å². The third kappa shape index (κ3) is 1.73. The Kier molecular flexibility index (Phi) is 2.18. The van der Waals surface area contributed by atoms with Gasteiger partial charge >= 0.3 is 0 Å². The molecule has 0 bridgehead atoms. The molecule has 0 radical (unpaired) electrons. The highest BCUT2D eigenvalue weighted by Crippen LogP contribution is 2.07. The van der Waals surface area contributed by atoms with Crippen LogP contribution in [0.4, 0.5) is 0 Å². The molecule has 2 rings (SSSR count). The molecule has 0 unspecified atom stereocenters. The van der Waals surface area contributed by atoms with Crippen LogP contribution < -0.4 is 0 Å². The van der Waals surface area contributed by atoms with Gasteiger partial charge in [0.15, 0.2) is 0 Å². The van der Waals surface area contributed by atoms with Gasteiger partial charge in [-0.2, -0.15) is 10.1 Å². The highest BCUT2D eigenvalue weighted by molar-refractivity contribution is 5.07. The van der Waals surface area contributed by atoms with Gasteiger partial charge in [-0.15, -0.1) is 0 Å². The van der Waals surface area contributed by atoms with E-state index < -0.39 is 0 Å². The molecule has 2 heterocycles. The number of imidazole rings is 1. The molecule has 14 heavy (non-hydrogen) atoms. The molecular weight excluding hydrogens is 182 g/mol. The molecule has 6 heteroatoms. The lowest BCUT2D eigenvalue weighted by Crippen LogP contribution is -2.05. The molecule has 2 aromatic heterocycles. The lowest BCUT2D eigenvalue weighted by atomic mass is 10.4. The van der Waals surface area contributed by atoms with Gasteiger partial charge in [0.05, 0.1) is 6.20 Å². The summed E-state index contributed by atoms with van der Waals surface area (Å²) in [5.41, 5.74) is 0. The molecule has 0 fully saturated rings. The van der Waals surface area contributed by atoms with Crippen LogP contribution in [-0.4, -0.2) is 29.4 Å². The summed E-state index contributed by atoms with van der Waals surface area (Å²) in [7, 11) is 1.85. The molecule has 0 aliphatic carbocycles. The molecule has 0 spiro atoms. The summed E-state index contributed by atoms with van der Waals surface area (Å²) in [5.74, 6) is 0.888. The van der Waals surface area contributed by atoms with Crippen LogP contribution in [0.2, 0.25) is 0 Å². The summed E-state index contributed by atoms with van der Waals surface area (Å²) >= 11 is 0. The van der Waals surface area contributed by atoms with Crippen LogP contribution in [0, 0.1) is 0 Å². The van der Waals surface area contributed by atoms with Crippen molar-refractivity contribution in [1.29, 1.82) is 0 Å². The number of rotatable bonds is 3. The molecule has 0 atom stereocenters. The number of hydrogen-bond acceptors (Lipinski definition) is 4. The van der Waals surface area contributed by atoms with Crippen molar-refractivity contribution in [3.63, 3.8) is 0 Å². The van der Waals surface area contributed by atoms with Crippen molar-refractivity contribution in [2.24, 2.45) is 7.05 Å². The lowest BCUT2D eigenvalue weighted by molar-refractivity contribution is 0.454. The summed E-state index contributed by atoms with van der Waals surface area (Å²) < 4.78 is 3.53. The third-order valence-corrected chi connectivity index (χ3v) is 1.99. The van der Waals surface area contributed by atoms with E-state index in [1.807, 2.05) is 7.05 Å². The molecule has 0 saturated carbocycles. The van der Waals surface area contributed by atoms with Gasteiger partial charge in [0, 0.05) is 20.0 Å². The fourth-order valence-electron chi connectivity index (χ4n) is 1.28. The van der Waals surface area contributed by atoms with Gasteiger partial charge in [0.1, 0.15) is 18.5 Å². The van der Waals surface area contributed by atoms with E-state index in [0.717, 1.165) is 12.2 Å². The van der Waals surface area contributed by atoms with Crippen molar-refractivity contribution in [1.82, 2.24) is 24.3 Å². The zero-order chi connectivity index (χ0) is 9.97. The maximum absolute atomic E-state index is 9.12. The number of aryl methyl sites for hydroxylation is 3.